The van der Waals surface area contributed by atoms with Gasteiger partial charge in [0.15, 0.2) is 0 Å². The fourth-order valence-corrected chi connectivity index (χ4v) is 4.54. The van der Waals surface area contributed by atoms with Crippen LogP contribution < -0.4 is 4.74 Å². The second-order valence-corrected chi connectivity index (χ2v) is 8.36. The number of amides is 1. The maximum Gasteiger partial charge on any atom is 0.274 e. The number of imidazole rings is 1. The number of hydrogen-bond acceptors (Lipinski definition) is 4. The van der Waals surface area contributed by atoms with Crippen LogP contribution in [0.5, 0.6) is 5.75 Å². The van der Waals surface area contributed by atoms with Gasteiger partial charge >= 0.3 is 0 Å². The monoisotopic (exact) mass is 426 g/mol. The molecule has 1 aliphatic heterocycles. The highest BCUT2D eigenvalue weighted by Crippen LogP contribution is 2.34. The maximum absolute atomic E-state index is 13.4. The molecule has 1 amide bonds. The van der Waals surface area contributed by atoms with Gasteiger partial charge in [-0.15, -0.1) is 0 Å². The maximum atomic E-state index is 13.4. The highest BCUT2D eigenvalue weighted by molar-refractivity contribution is 5.93. The molecular formula is C26H26N4O2. The second kappa shape index (κ2) is 8.11. The number of ether oxygens (including phenoxy) is 1. The molecule has 1 atom stereocenters. The predicted molar refractivity (Wildman–Crippen MR) is 124 cm³/mol. The SMILES string of the molecule is COc1ccc(-c2cc(C)nc(C3CCCN3C(=O)c3cn4cccc(C)c4n3)c2)cc1. The number of pyridine rings is 2. The van der Waals surface area contributed by atoms with Crippen LogP contribution in [0.1, 0.15) is 46.3 Å². The van der Waals surface area contributed by atoms with E-state index in [1.165, 1.54) is 0 Å². The van der Waals surface area contributed by atoms with E-state index in [0.29, 0.717) is 12.2 Å². The molecule has 0 bridgehead atoms. The number of benzene rings is 1. The molecule has 0 radical (unpaired) electrons. The van der Waals surface area contributed by atoms with Crippen molar-refractivity contribution >= 4 is 11.6 Å². The Labute approximate surface area is 187 Å². The Kier molecular flexibility index (Phi) is 5.13. The lowest BCUT2D eigenvalue weighted by atomic mass is 10.0. The minimum absolute atomic E-state index is 0.0371. The Morgan fingerprint density at radius 1 is 1.06 bits per heavy atom. The highest BCUT2D eigenvalue weighted by Gasteiger charge is 2.33. The van der Waals surface area contributed by atoms with Crippen LogP contribution in [0.3, 0.4) is 0 Å². The molecule has 0 N–H and O–H groups in total. The van der Waals surface area contributed by atoms with E-state index in [1.807, 2.05) is 71.9 Å². The van der Waals surface area contributed by atoms with Crippen molar-refractivity contribution in [1.29, 1.82) is 0 Å². The number of methoxy groups -OCH3 is 1. The number of aryl methyl sites for hydroxylation is 2. The zero-order valence-electron chi connectivity index (χ0n) is 18.6. The Balaban J connectivity index is 1.47. The van der Waals surface area contributed by atoms with E-state index >= 15 is 0 Å². The Morgan fingerprint density at radius 3 is 2.62 bits per heavy atom. The molecule has 6 heteroatoms. The van der Waals surface area contributed by atoms with Crippen molar-refractivity contribution in [2.75, 3.05) is 13.7 Å². The average molecular weight is 427 g/mol. The topological polar surface area (TPSA) is 59.7 Å². The molecule has 1 aromatic carbocycles. The standard InChI is InChI=1S/C26H26N4O2/c1-17-6-4-12-29-16-23(28-25(17)29)26(31)30-13-5-7-24(30)22-15-20(14-18(2)27-22)19-8-10-21(32-3)11-9-19/h4,6,8-12,14-16,24H,5,7,13H2,1-3H3. The molecule has 4 aromatic rings. The summed E-state index contributed by atoms with van der Waals surface area (Å²) in [7, 11) is 1.67. The number of carbonyl (C=O) groups is 1. The van der Waals surface area contributed by atoms with Gasteiger partial charge in [-0.1, -0.05) is 18.2 Å². The zero-order chi connectivity index (χ0) is 22.2. The molecule has 1 unspecified atom stereocenters. The molecule has 1 aliphatic rings. The lowest BCUT2D eigenvalue weighted by Crippen LogP contribution is -2.31. The Hall–Kier alpha value is -3.67. The second-order valence-electron chi connectivity index (χ2n) is 8.36. The van der Waals surface area contributed by atoms with Gasteiger partial charge in [0.1, 0.15) is 17.1 Å². The molecule has 0 spiro atoms. The molecule has 32 heavy (non-hydrogen) atoms. The molecule has 1 fully saturated rings. The number of carbonyl (C=O) groups excluding carboxylic acids is 1. The first-order valence-corrected chi connectivity index (χ1v) is 10.9. The molecule has 4 heterocycles. The number of nitrogens with zero attached hydrogens (tertiary/aromatic N) is 4. The van der Waals surface area contributed by atoms with Gasteiger partial charge in [-0.3, -0.25) is 9.78 Å². The third-order valence-electron chi connectivity index (χ3n) is 6.15. The van der Waals surface area contributed by atoms with Crippen molar-refractivity contribution < 1.29 is 9.53 Å². The van der Waals surface area contributed by atoms with Crippen LogP contribution in [-0.2, 0) is 0 Å². The minimum atomic E-state index is -0.0506. The largest absolute Gasteiger partial charge is 0.497 e. The average Bonchev–Trinajstić information content (AvgIpc) is 3.46. The summed E-state index contributed by atoms with van der Waals surface area (Å²) in [6.07, 6.45) is 5.61. The summed E-state index contributed by atoms with van der Waals surface area (Å²) >= 11 is 0. The van der Waals surface area contributed by atoms with Gasteiger partial charge in [0.05, 0.1) is 18.8 Å². The smallest absolute Gasteiger partial charge is 0.274 e. The van der Waals surface area contributed by atoms with Gasteiger partial charge in [-0.2, -0.15) is 0 Å². The molecule has 3 aromatic heterocycles. The van der Waals surface area contributed by atoms with Crippen molar-refractivity contribution in [2.45, 2.75) is 32.7 Å². The first-order chi connectivity index (χ1) is 15.5. The first-order valence-electron chi connectivity index (χ1n) is 10.9. The number of aromatic nitrogens is 3. The molecule has 6 nitrogen and oxygen atoms in total. The van der Waals surface area contributed by atoms with Crippen molar-refractivity contribution in [2.24, 2.45) is 0 Å². The summed E-state index contributed by atoms with van der Waals surface area (Å²) < 4.78 is 7.20. The van der Waals surface area contributed by atoms with Crippen LogP contribution >= 0.6 is 0 Å². The summed E-state index contributed by atoms with van der Waals surface area (Å²) in [6.45, 7) is 4.72. The summed E-state index contributed by atoms with van der Waals surface area (Å²) in [5.74, 6) is 0.792. The van der Waals surface area contributed by atoms with Crippen LogP contribution in [0.25, 0.3) is 16.8 Å². The number of rotatable bonds is 4. The molecule has 162 valence electrons. The number of hydrogen-bond donors (Lipinski definition) is 0. The van der Waals surface area contributed by atoms with Gasteiger partial charge in [0.2, 0.25) is 0 Å². The fraction of sp³-hybridized carbons (Fsp3) is 0.269. The van der Waals surface area contributed by atoms with Gasteiger partial charge in [-0.05, 0) is 73.7 Å². The Morgan fingerprint density at radius 2 is 1.88 bits per heavy atom. The van der Waals surface area contributed by atoms with Crippen LogP contribution in [0.15, 0.2) is 60.9 Å². The Bertz CT molecular complexity index is 1290. The summed E-state index contributed by atoms with van der Waals surface area (Å²) in [5.41, 5.74) is 6.42. The van der Waals surface area contributed by atoms with Crippen molar-refractivity contribution in [3.8, 4) is 16.9 Å². The van der Waals surface area contributed by atoms with Gasteiger partial charge in [0.25, 0.3) is 5.91 Å². The normalized spacial score (nSPS) is 16.0. The highest BCUT2D eigenvalue weighted by atomic mass is 16.5. The third kappa shape index (κ3) is 3.62. The van der Waals surface area contributed by atoms with Crippen LogP contribution in [0.2, 0.25) is 0 Å². The molecular weight excluding hydrogens is 400 g/mol. The van der Waals surface area contributed by atoms with E-state index in [4.69, 9.17) is 9.72 Å². The molecule has 1 saturated heterocycles. The quantitative estimate of drug-likeness (QED) is 0.461. The third-order valence-corrected chi connectivity index (χ3v) is 6.15. The van der Waals surface area contributed by atoms with E-state index in [1.54, 1.807) is 7.11 Å². The number of likely N-dealkylation sites (tertiary alicyclic amines) is 1. The van der Waals surface area contributed by atoms with Crippen LogP contribution in [-0.4, -0.2) is 38.8 Å². The summed E-state index contributed by atoms with van der Waals surface area (Å²) in [6, 6.07) is 16.1. The molecule has 0 aliphatic carbocycles. The zero-order valence-corrected chi connectivity index (χ0v) is 18.6. The summed E-state index contributed by atoms with van der Waals surface area (Å²) in [4.78, 5) is 24.8. The molecule has 5 rings (SSSR count). The minimum Gasteiger partial charge on any atom is -0.497 e. The predicted octanol–water partition coefficient (Wildman–Crippen LogP) is 5.00. The first kappa shape index (κ1) is 20.2. The lowest BCUT2D eigenvalue weighted by Gasteiger charge is -2.24. The van der Waals surface area contributed by atoms with Gasteiger partial charge in [0, 0.05) is 24.6 Å². The van der Waals surface area contributed by atoms with E-state index in [9.17, 15) is 4.79 Å². The van der Waals surface area contributed by atoms with Gasteiger partial charge in [-0.25, -0.2) is 4.98 Å². The lowest BCUT2D eigenvalue weighted by molar-refractivity contribution is 0.0727. The van der Waals surface area contributed by atoms with Crippen molar-refractivity contribution in [1.82, 2.24) is 19.3 Å². The van der Waals surface area contributed by atoms with E-state index in [2.05, 4.69) is 17.1 Å². The fourth-order valence-electron chi connectivity index (χ4n) is 4.54. The van der Waals surface area contributed by atoms with Crippen LogP contribution in [0.4, 0.5) is 0 Å². The van der Waals surface area contributed by atoms with E-state index in [0.717, 1.165) is 52.3 Å². The van der Waals surface area contributed by atoms with E-state index in [-0.39, 0.29) is 11.9 Å². The van der Waals surface area contributed by atoms with Crippen molar-refractivity contribution in [3.63, 3.8) is 0 Å². The van der Waals surface area contributed by atoms with E-state index < -0.39 is 0 Å². The van der Waals surface area contributed by atoms with Crippen LogP contribution in [0, 0.1) is 13.8 Å². The van der Waals surface area contributed by atoms with Gasteiger partial charge < -0.3 is 14.0 Å². The summed E-state index contributed by atoms with van der Waals surface area (Å²) in [5, 5.41) is 0. The molecule has 0 saturated carbocycles. The number of fused-ring (bicyclic) bond motifs is 1. The van der Waals surface area contributed by atoms with Crippen molar-refractivity contribution in [3.05, 3.63) is 83.6 Å².